The summed E-state index contributed by atoms with van der Waals surface area (Å²) < 4.78 is 5.28. The lowest BCUT2D eigenvalue weighted by Gasteiger charge is -2.13. The standard InChI is InChI=1S/C24H20N2O2/c1-28-23-10-6-5-9-21(23)24(27)26-15-18-11-12-19(17-7-3-2-4-8-17)20-13-14-25-16-22(18)20/h2-14,16H,15H2,1H3,(H,26,27). The fourth-order valence-electron chi connectivity index (χ4n) is 3.38. The first-order chi connectivity index (χ1) is 13.8. The van der Waals surface area contributed by atoms with Crippen molar-refractivity contribution in [2.45, 2.75) is 6.54 Å². The van der Waals surface area contributed by atoms with Gasteiger partial charge in [0.2, 0.25) is 0 Å². The molecule has 1 N–H and O–H groups in total. The number of nitrogens with one attached hydrogen (secondary N) is 1. The molecule has 0 unspecified atom stereocenters. The SMILES string of the molecule is COc1ccccc1C(=O)NCc1ccc(-c2ccccc2)c2ccncc12. The third-order valence-corrected chi connectivity index (χ3v) is 4.78. The Morgan fingerprint density at radius 2 is 1.71 bits per heavy atom. The highest BCUT2D eigenvalue weighted by Crippen LogP contribution is 2.30. The number of methoxy groups -OCH3 is 1. The summed E-state index contributed by atoms with van der Waals surface area (Å²) >= 11 is 0. The first kappa shape index (κ1) is 17.7. The molecule has 3 aromatic carbocycles. The van der Waals surface area contributed by atoms with Crippen LogP contribution in [0.5, 0.6) is 5.75 Å². The predicted molar refractivity (Wildman–Crippen MR) is 111 cm³/mol. The number of pyridine rings is 1. The maximum Gasteiger partial charge on any atom is 0.255 e. The quantitative estimate of drug-likeness (QED) is 0.548. The molecule has 4 nitrogen and oxygen atoms in total. The fourth-order valence-corrected chi connectivity index (χ4v) is 3.38. The number of nitrogens with zero attached hydrogens (tertiary/aromatic N) is 1. The minimum absolute atomic E-state index is 0.165. The van der Waals surface area contributed by atoms with E-state index in [1.807, 2.05) is 42.6 Å². The van der Waals surface area contributed by atoms with Gasteiger partial charge in [-0.25, -0.2) is 0 Å². The molecular formula is C24H20N2O2. The largest absolute Gasteiger partial charge is 0.496 e. The topological polar surface area (TPSA) is 51.2 Å². The van der Waals surface area contributed by atoms with Crippen molar-refractivity contribution in [1.29, 1.82) is 0 Å². The lowest BCUT2D eigenvalue weighted by Crippen LogP contribution is -2.23. The Bertz CT molecular complexity index is 1120. The van der Waals surface area contributed by atoms with Crippen LogP contribution < -0.4 is 10.1 Å². The van der Waals surface area contributed by atoms with Crippen LogP contribution in [0.3, 0.4) is 0 Å². The first-order valence-electron chi connectivity index (χ1n) is 9.10. The van der Waals surface area contributed by atoms with E-state index in [0.29, 0.717) is 17.9 Å². The molecule has 138 valence electrons. The van der Waals surface area contributed by atoms with Gasteiger partial charge >= 0.3 is 0 Å². The van der Waals surface area contributed by atoms with Crippen LogP contribution in [0, 0.1) is 0 Å². The maximum atomic E-state index is 12.6. The second-order valence-electron chi connectivity index (χ2n) is 6.44. The van der Waals surface area contributed by atoms with Gasteiger partial charge in [0.05, 0.1) is 12.7 Å². The lowest BCUT2D eigenvalue weighted by atomic mass is 9.96. The van der Waals surface area contributed by atoms with E-state index in [1.165, 1.54) is 0 Å². The Balaban J connectivity index is 1.64. The van der Waals surface area contributed by atoms with Gasteiger partial charge in [-0.15, -0.1) is 0 Å². The molecule has 0 radical (unpaired) electrons. The Labute approximate surface area is 163 Å². The highest BCUT2D eigenvalue weighted by Gasteiger charge is 2.13. The molecule has 0 atom stereocenters. The molecule has 4 rings (SSSR count). The van der Waals surface area contributed by atoms with Gasteiger partial charge in [0.25, 0.3) is 5.91 Å². The number of fused-ring (bicyclic) bond motifs is 1. The number of carbonyl (C=O) groups excluding carboxylic acids is 1. The van der Waals surface area contributed by atoms with E-state index in [9.17, 15) is 4.79 Å². The average Bonchev–Trinajstić information content (AvgIpc) is 2.77. The van der Waals surface area contributed by atoms with Crippen LogP contribution in [-0.2, 0) is 6.54 Å². The van der Waals surface area contributed by atoms with E-state index in [0.717, 1.165) is 27.5 Å². The number of para-hydroxylation sites is 1. The van der Waals surface area contributed by atoms with Gasteiger partial charge in [0.15, 0.2) is 0 Å². The van der Waals surface area contributed by atoms with Gasteiger partial charge in [0.1, 0.15) is 5.75 Å². The van der Waals surface area contributed by atoms with Crippen molar-refractivity contribution in [3.8, 4) is 16.9 Å². The van der Waals surface area contributed by atoms with Crippen molar-refractivity contribution in [2.75, 3.05) is 7.11 Å². The average molecular weight is 368 g/mol. The number of rotatable bonds is 5. The number of hydrogen-bond acceptors (Lipinski definition) is 3. The molecule has 1 amide bonds. The van der Waals surface area contributed by atoms with Gasteiger partial charge in [-0.2, -0.15) is 0 Å². The first-order valence-corrected chi connectivity index (χ1v) is 9.10. The highest BCUT2D eigenvalue weighted by atomic mass is 16.5. The zero-order valence-corrected chi connectivity index (χ0v) is 15.6. The van der Waals surface area contributed by atoms with Crippen LogP contribution >= 0.6 is 0 Å². The normalized spacial score (nSPS) is 10.6. The van der Waals surface area contributed by atoms with Crippen molar-refractivity contribution >= 4 is 16.7 Å². The molecule has 0 spiro atoms. The number of hydrogen-bond donors (Lipinski definition) is 1. The molecule has 0 bridgehead atoms. The van der Waals surface area contributed by atoms with Crippen LogP contribution in [0.25, 0.3) is 21.9 Å². The number of benzene rings is 3. The summed E-state index contributed by atoms with van der Waals surface area (Å²) in [6.07, 6.45) is 3.65. The van der Waals surface area contributed by atoms with Crippen LogP contribution in [0.2, 0.25) is 0 Å². The van der Waals surface area contributed by atoms with Crippen LogP contribution in [-0.4, -0.2) is 18.0 Å². The van der Waals surface area contributed by atoms with Crippen LogP contribution in [0.15, 0.2) is 85.2 Å². The van der Waals surface area contributed by atoms with E-state index in [2.05, 4.69) is 34.6 Å². The molecular weight excluding hydrogens is 348 g/mol. The van der Waals surface area contributed by atoms with Gasteiger partial charge < -0.3 is 10.1 Å². The minimum atomic E-state index is -0.165. The second kappa shape index (κ2) is 7.92. The van der Waals surface area contributed by atoms with Crippen molar-refractivity contribution in [1.82, 2.24) is 10.3 Å². The number of amides is 1. The zero-order valence-electron chi connectivity index (χ0n) is 15.6. The zero-order chi connectivity index (χ0) is 19.3. The molecule has 0 aliphatic carbocycles. The van der Waals surface area contributed by atoms with Gasteiger partial charge in [0, 0.05) is 24.3 Å². The summed E-state index contributed by atoms with van der Waals surface area (Å²) in [5.74, 6) is 0.396. The Morgan fingerprint density at radius 1 is 0.929 bits per heavy atom. The maximum absolute atomic E-state index is 12.6. The molecule has 0 aliphatic heterocycles. The summed E-state index contributed by atoms with van der Waals surface area (Å²) in [6.45, 7) is 0.411. The molecule has 1 heterocycles. The Kier molecular flexibility index (Phi) is 5.02. The number of carbonyl (C=O) groups is 1. The minimum Gasteiger partial charge on any atom is -0.496 e. The Morgan fingerprint density at radius 3 is 2.54 bits per heavy atom. The van der Waals surface area contributed by atoms with E-state index < -0.39 is 0 Å². The summed E-state index contributed by atoms with van der Waals surface area (Å²) in [6, 6.07) is 23.6. The third kappa shape index (κ3) is 3.45. The third-order valence-electron chi connectivity index (χ3n) is 4.78. The summed E-state index contributed by atoms with van der Waals surface area (Å²) in [4.78, 5) is 16.9. The van der Waals surface area contributed by atoms with Crippen molar-refractivity contribution in [2.24, 2.45) is 0 Å². The molecule has 0 aliphatic rings. The van der Waals surface area contributed by atoms with Crippen molar-refractivity contribution in [3.05, 3.63) is 96.3 Å². The monoisotopic (exact) mass is 368 g/mol. The number of aromatic nitrogens is 1. The lowest BCUT2D eigenvalue weighted by molar-refractivity contribution is 0.0948. The summed E-state index contributed by atoms with van der Waals surface area (Å²) in [7, 11) is 1.56. The molecule has 28 heavy (non-hydrogen) atoms. The summed E-state index contributed by atoms with van der Waals surface area (Å²) in [5.41, 5.74) is 3.85. The predicted octanol–water partition coefficient (Wildman–Crippen LogP) is 4.84. The van der Waals surface area contributed by atoms with E-state index in [1.54, 1.807) is 25.4 Å². The number of ether oxygens (including phenoxy) is 1. The molecule has 0 saturated carbocycles. The van der Waals surface area contributed by atoms with Gasteiger partial charge in [-0.3, -0.25) is 9.78 Å². The van der Waals surface area contributed by atoms with Crippen molar-refractivity contribution < 1.29 is 9.53 Å². The van der Waals surface area contributed by atoms with Crippen LogP contribution in [0.4, 0.5) is 0 Å². The van der Waals surface area contributed by atoms with E-state index in [4.69, 9.17) is 4.74 Å². The van der Waals surface area contributed by atoms with Crippen molar-refractivity contribution in [3.63, 3.8) is 0 Å². The molecule has 0 saturated heterocycles. The summed E-state index contributed by atoms with van der Waals surface area (Å²) in [5, 5.41) is 5.14. The molecule has 4 heteroatoms. The van der Waals surface area contributed by atoms with E-state index >= 15 is 0 Å². The smallest absolute Gasteiger partial charge is 0.255 e. The van der Waals surface area contributed by atoms with Gasteiger partial charge in [-0.05, 0) is 40.3 Å². The second-order valence-corrected chi connectivity index (χ2v) is 6.44. The highest BCUT2D eigenvalue weighted by molar-refractivity contribution is 5.99. The Hall–Kier alpha value is -3.66. The van der Waals surface area contributed by atoms with Crippen LogP contribution in [0.1, 0.15) is 15.9 Å². The van der Waals surface area contributed by atoms with E-state index in [-0.39, 0.29) is 5.91 Å². The molecule has 4 aromatic rings. The molecule has 1 aromatic heterocycles. The fraction of sp³-hybridized carbons (Fsp3) is 0.0833. The van der Waals surface area contributed by atoms with Gasteiger partial charge in [-0.1, -0.05) is 54.6 Å². The molecule has 0 fully saturated rings.